The predicted octanol–water partition coefficient (Wildman–Crippen LogP) is 4.41. The summed E-state index contributed by atoms with van der Waals surface area (Å²) in [6, 6.07) is 10.1. The molecule has 0 unspecified atom stereocenters. The number of aryl methyl sites for hydroxylation is 1. The van der Waals surface area contributed by atoms with E-state index in [2.05, 4.69) is 13.2 Å². The number of rotatable bonds is 7. The molecule has 0 N–H and O–H groups in total. The highest BCUT2D eigenvalue weighted by molar-refractivity contribution is 5.99. The fourth-order valence-electron chi connectivity index (χ4n) is 3.93. The van der Waals surface area contributed by atoms with Gasteiger partial charge in [-0.05, 0) is 36.8 Å². The molecule has 0 aliphatic carbocycles. The number of carbonyl (C=O) groups excluding carboxylic acids is 1. The molecular weight excluding hydrogens is 394 g/mol. The summed E-state index contributed by atoms with van der Waals surface area (Å²) in [5, 5.41) is 0.454. The van der Waals surface area contributed by atoms with Crippen LogP contribution in [-0.2, 0) is 0 Å². The SMILES string of the molecule is C=CCOc1ccc([C@@H]2c3c(oc4ccc(C)cc4c3=O)C(=O)N2CC=C)cc1OC. The average Bonchev–Trinajstić information content (AvgIpc) is 3.05. The van der Waals surface area contributed by atoms with E-state index in [9.17, 15) is 9.59 Å². The number of methoxy groups -OCH3 is 1. The molecule has 6 heteroatoms. The van der Waals surface area contributed by atoms with Crippen molar-refractivity contribution in [3.8, 4) is 11.5 Å². The van der Waals surface area contributed by atoms with Gasteiger partial charge in [-0.3, -0.25) is 9.59 Å². The third-order valence-corrected chi connectivity index (χ3v) is 5.31. The third kappa shape index (κ3) is 3.40. The monoisotopic (exact) mass is 417 g/mol. The van der Waals surface area contributed by atoms with Crippen molar-refractivity contribution in [2.45, 2.75) is 13.0 Å². The first kappa shape index (κ1) is 20.5. The summed E-state index contributed by atoms with van der Waals surface area (Å²) in [4.78, 5) is 28.2. The first-order chi connectivity index (χ1) is 15.0. The standard InChI is InChI=1S/C25H23NO5/c1-5-11-26-22(16-8-10-19(30-12-6-2)20(14-16)29-4)21-23(27)17-13-15(3)7-9-18(17)31-24(21)25(26)28/h5-10,13-14,22H,1-2,11-12H2,3-4H3/t22-/m1/s1. The number of hydrogen-bond acceptors (Lipinski definition) is 5. The second-order valence-corrected chi connectivity index (χ2v) is 7.33. The molecule has 1 aliphatic heterocycles. The molecule has 0 fully saturated rings. The van der Waals surface area contributed by atoms with Gasteiger partial charge in [-0.1, -0.05) is 36.4 Å². The molecule has 4 rings (SSSR count). The maximum atomic E-state index is 13.5. The molecule has 0 saturated carbocycles. The fourth-order valence-corrected chi connectivity index (χ4v) is 3.93. The quantitative estimate of drug-likeness (QED) is 0.533. The minimum absolute atomic E-state index is 0.0687. The van der Waals surface area contributed by atoms with Crippen molar-refractivity contribution in [1.82, 2.24) is 4.90 Å². The van der Waals surface area contributed by atoms with E-state index in [0.29, 0.717) is 34.6 Å². The van der Waals surface area contributed by atoms with Crippen LogP contribution < -0.4 is 14.9 Å². The predicted molar refractivity (Wildman–Crippen MR) is 119 cm³/mol. The second-order valence-electron chi connectivity index (χ2n) is 7.33. The summed E-state index contributed by atoms with van der Waals surface area (Å²) in [7, 11) is 1.54. The number of benzene rings is 2. The molecule has 2 aromatic carbocycles. The van der Waals surface area contributed by atoms with Crippen molar-refractivity contribution in [1.29, 1.82) is 0 Å². The largest absolute Gasteiger partial charge is 0.493 e. The van der Waals surface area contributed by atoms with Gasteiger partial charge in [0.05, 0.1) is 24.1 Å². The summed E-state index contributed by atoms with van der Waals surface area (Å²) >= 11 is 0. The van der Waals surface area contributed by atoms with Crippen molar-refractivity contribution in [2.75, 3.05) is 20.3 Å². The fraction of sp³-hybridized carbons (Fsp3) is 0.200. The van der Waals surface area contributed by atoms with Crippen LogP contribution >= 0.6 is 0 Å². The molecule has 0 bridgehead atoms. The molecule has 1 aromatic heterocycles. The molecular formula is C25H23NO5. The second kappa shape index (κ2) is 8.14. The van der Waals surface area contributed by atoms with Crippen molar-refractivity contribution in [2.24, 2.45) is 0 Å². The van der Waals surface area contributed by atoms with Gasteiger partial charge in [0.1, 0.15) is 12.2 Å². The molecule has 0 saturated heterocycles. The van der Waals surface area contributed by atoms with Gasteiger partial charge in [0.25, 0.3) is 5.91 Å². The van der Waals surface area contributed by atoms with Crippen LogP contribution in [0.15, 0.2) is 70.9 Å². The van der Waals surface area contributed by atoms with Crippen LogP contribution in [0.1, 0.15) is 33.3 Å². The molecule has 1 atom stereocenters. The summed E-state index contributed by atoms with van der Waals surface area (Å²) in [5.41, 5.74) is 2.17. The molecule has 6 nitrogen and oxygen atoms in total. The first-order valence-electron chi connectivity index (χ1n) is 9.91. The van der Waals surface area contributed by atoms with Gasteiger partial charge < -0.3 is 18.8 Å². The van der Waals surface area contributed by atoms with Crippen LogP contribution in [-0.4, -0.2) is 31.1 Å². The summed E-state index contributed by atoms with van der Waals surface area (Å²) in [6.45, 7) is 9.92. The van der Waals surface area contributed by atoms with E-state index in [1.165, 1.54) is 0 Å². The molecule has 3 aromatic rings. The number of carbonyl (C=O) groups is 1. The van der Waals surface area contributed by atoms with Gasteiger partial charge in [-0.15, -0.1) is 6.58 Å². The van der Waals surface area contributed by atoms with Gasteiger partial charge >= 0.3 is 0 Å². The first-order valence-corrected chi connectivity index (χ1v) is 9.91. The van der Waals surface area contributed by atoms with Crippen LogP contribution in [0.5, 0.6) is 11.5 Å². The van der Waals surface area contributed by atoms with Crippen molar-refractivity contribution >= 4 is 16.9 Å². The summed E-state index contributed by atoms with van der Waals surface area (Å²) in [5.74, 6) is 0.775. The van der Waals surface area contributed by atoms with E-state index < -0.39 is 6.04 Å². The zero-order valence-corrected chi connectivity index (χ0v) is 17.5. The molecule has 31 heavy (non-hydrogen) atoms. The van der Waals surface area contributed by atoms with Crippen LogP contribution in [0.4, 0.5) is 0 Å². The minimum atomic E-state index is -0.621. The molecule has 158 valence electrons. The van der Waals surface area contributed by atoms with Crippen molar-refractivity contribution < 1.29 is 18.7 Å². The highest BCUT2D eigenvalue weighted by Gasteiger charge is 2.42. The molecule has 1 aliphatic rings. The number of nitrogens with zero attached hydrogens (tertiary/aromatic N) is 1. The Balaban J connectivity index is 1.93. The van der Waals surface area contributed by atoms with Crippen LogP contribution in [0, 0.1) is 6.92 Å². The highest BCUT2D eigenvalue weighted by Crippen LogP contribution is 2.40. The van der Waals surface area contributed by atoms with Crippen LogP contribution in [0.25, 0.3) is 11.0 Å². The van der Waals surface area contributed by atoms with E-state index in [1.54, 1.807) is 48.4 Å². The van der Waals surface area contributed by atoms with E-state index in [4.69, 9.17) is 13.9 Å². The molecule has 0 spiro atoms. The van der Waals surface area contributed by atoms with E-state index in [0.717, 1.165) is 11.1 Å². The Kier molecular flexibility index (Phi) is 5.38. The summed E-state index contributed by atoms with van der Waals surface area (Å²) in [6.07, 6.45) is 3.27. The number of amides is 1. The lowest BCUT2D eigenvalue weighted by Gasteiger charge is -2.24. The molecule has 1 amide bonds. The zero-order valence-electron chi connectivity index (χ0n) is 17.5. The smallest absolute Gasteiger partial charge is 0.291 e. The normalized spacial score (nSPS) is 15.1. The average molecular weight is 417 g/mol. The Hall–Kier alpha value is -3.80. The van der Waals surface area contributed by atoms with Gasteiger partial charge in [0.15, 0.2) is 16.9 Å². The van der Waals surface area contributed by atoms with Crippen molar-refractivity contribution in [3.05, 3.63) is 94.4 Å². The zero-order chi connectivity index (χ0) is 22.1. The Bertz CT molecular complexity index is 1260. The topological polar surface area (TPSA) is 69.0 Å². The van der Waals surface area contributed by atoms with Gasteiger partial charge in [0, 0.05) is 6.54 Å². The lowest BCUT2D eigenvalue weighted by Crippen LogP contribution is -2.29. The Labute approximate surface area is 180 Å². The third-order valence-electron chi connectivity index (χ3n) is 5.31. The number of fused-ring (bicyclic) bond motifs is 2. The molecule has 2 heterocycles. The summed E-state index contributed by atoms with van der Waals surface area (Å²) < 4.78 is 17.0. The van der Waals surface area contributed by atoms with Gasteiger partial charge in [-0.25, -0.2) is 0 Å². The Morgan fingerprint density at radius 3 is 2.61 bits per heavy atom. The van der Waals surface area contributed by atoms with Gasteiger partial charge in [0.2, 0.25) is 5.76 Å². The highest BCUT2D eigenvalue weighted by atomic mass is 16.5. The van der Waals surface area contributed by atoms with Crippen LogP contribution in [0.2, 0.25) is 0 Å². The van der Waals surface area contributed by atoms with Crippen LogP contribution in [0.3, 0.4) is 0 Å². The Morgan fingerprint density at radius 1 is 1.10 bits per heavy atom. The number of ether oxygens (including phenoxy) is 2. The number of hydrogen-bond donors (Lipinski definition) is 0. The van der Waals surface area contributed by atoms with Crippen molar-refractivity contribution in [3.63, 3.8) is 0 Å². The molecule has 0 radical (unpaired) electrons. The lowest BCUT2D eigenvalue weighted by atomic mass is 9.97. The van der Waals surface area contributed by atoms with E-state index in [-0.39, 0.29) is 23.6 Å². The maximum Gasteiger partial charge on any atom is 0.291 e. The van der Waals surface area contributed by atoms with E-state index >= 15 is 0 Å². The Morgan fingerprint density at radius 2 is 1.90 bits per heavy atom. The minimum Gasteiger partial charge on any atom is -0.493 e. The van der Waals surface area contributed by atoms with Gasteiger partial charge in [-0.2, -0.15) is 0 Å². The lowest BCUT2D eigenvalue weighted by molar-refractivity contribution is 0.0748. The van der Waals surface area contributed by atoms with E-state index in [1.807, 2.05) is 19.1 Å². The maximum absolute atomic E-state index is 13.5.